The van der Waals surface area contributed by atoms with Crippen LogP contribution in [0, 0.1) is 0 Å². The van der Waals surface area contributed by atoms with Gasteiger partial charge in [0.25, 0.3) is 0 Å². The van der Waals surface area contributed by atoms with Gasteiger partial charge in [0, 0.05) is 6.92 Å². The summed E-state index contributed by atoms with van der Waals surface area (Å²) in [7, 11) is 1.28. The van der Waals surface area contributed by atoms with Crippen molar-refractivity contribution in [1.82, 2.24) is 0 Å². The van der Waals surface area contributed by atoms with Gasteiger partial charge in [-0.1, -0.05) is 0 Å². The molecule has 17 heavy (non-hydrogen) atoms. The van der Waals surface area contributed by atoms with Crippen molar-refractivity contribution in [2.24, 2.45) is 0 Å². The summed E-state index contributed by atoms with van der Waals surface area (Å²) in [5.41, 5.74) is 0.732. The van der Waals surface area contributed by atoms with Gasteiger partial charge in [-0.25, -0.2) is 4.79 Å². The Labute approximate surface area is 96.9 Å². The molecule has 2 rings (SSSR count). The van der Waals surface area contributed by atoms with E-state index >= 15 is 0 Å². The molecule has 88 valence electrons. The zero-order valence-electron chi connectivity index (χ0n) is 9.35. The van der Waals surface area contributed by atoms with E-state index in [0.717, 1.165) is 0 Å². The zero-order valence-corrected chi connectivity index (χ0v) is 9.35. The number of furan rings is 1. The Bertz CT molecular complexity index is 582. The molecule has 0 spiro atoms. The third-order valence-corrected chi connectivity index (χ3v) is 2.21. The molecule has 0 fully saturated rings. The third kappa shape index (κ3) is 2.13. The third-order valence-electron chi connectivity index (χ3n) is 2.21. The molecule has 0 atom stereocenters. The Balaban J connectivity index is 2.58. The van der Waals surface area contributed by atoms with E-state index in [9.17, 15) is 9.59 Å². The van der Waals surface area contributed by atoms with E-state index in [1.54, 1.807) is 6.07 Å². The molecular weight excluding hydrogens is 224 g/mol. The highest BCUT2D eigenvalue weighted by Crippen LogP contribution is 2.29. The quantitative estimate of drug-likeness (QED) is 0.588. The summed E-state index contributed by atoms with van der Waals surface area (Å²) in [4.78, 5) is 22.4. The summed E-state index contributed by atoms with van der Waals surface area (Å²) in [6.45, 7) is 1.29. The predicted octanol–water partition coefficient (Wildman–Crippen LogP) is 2.14. The molecule has 0 aliphatic rings. The van der Waals surface area contributed by atoms with Crippen LogP contribution in [-0.4, -0.2) is 19.0 Å². The number of esters is 2. The molecule has 1 heterocycles. The normalized spacial score (nSPS) is 10.2. The molecule has 0 amide bonds. The number of methoxy groups -OCH3 is 1. The molecule has 2 aromatic rings. The number of hydrogen-bond donors (Lipinski definition) is 0. The maximum atomic E-state index is 11.4. The standard InChI is InChI=1S/C12H10O5/c1-7(13)17-11-6-8(12(14)15-2)5-10-9(11)3-4-16-10/h3-6H,1-2H3. The second kappa shape index (κ2) is 4.29. The summed E-state index contributed by atoms with van der Waals surface area (Å²) in [5, 5.41) is 0.632. The molecule has 5 nitrogen and oxygen atoms in total. The van der Waals surface area contributed by atoms with Crippen LogP contribution in [0.1, 0.15) is 17.3 Å². The van der Waals surface area contributed by atoms with Crippen LogP contribution in [0.15, 0.2) is 28.9 Å². The van der Waals surface area contributed by atoms with Crippen LogP contribution < -0.4 is 4.74 Å². The zero-order chi connectivity index (χ0) is 12.4. The van der Waals surface area contributed by atoms with Crippen LogP contribution in [0.3, 0.4) is 0 Å². The SMILES string of the molecule is COC(=O)c1cc(OC(C)=O)c2ccoc2c1. The topological polar surface area (TPSA) is 65.7 Å². The molecule has 0 radical (unpaired) electrons. The van der Waals surface area contributed by atoms with E-state index in [1.165, 1.54) is 32.4 Å². The number of benzene rings is 1. The summed E-state index contributed by atoms with van der Waals surface area (Å²) in [5.74, 6) is -0.699. The lowest BCUT2D eigenvalue weighted by Crippen LogP contribution is -2.05. The average Bonchev–Trinajstić information content (AvgIpc) is 2.75. The highest BCUT2D eigenvalue weighted by atomic mass is 16.5. The molecular formula is C12H10O5. The van der Waals surface area contributed by atoms with Crippen molar-refractivity contribution in [2.45, 2.75) is 6.92 Å². The van der Waals surface area contributed by atoms with Crippen LogP contribution in [0.4, 0.5) is 0 Å². The minimum absolute atomic E-state index is 0.270. The number of hydrogen-bond acceptors (Lipinski definition) is 5. The largest absolute Gasteiger partial charge is 0.465 e. The Hall–Kier alpha value is -2.30. The van der Waals surface area contributed by atoms with Gasteiger partial charge in [0.05, 0.1) is 24.3 Å². The lowest BCUT2D eigenvalue weighted by Gasteiger charge is -2.05. The molecule has 0 aliphatic heterocycles. The number of fused-ring (bicyclic) bond motifs is 1. The lowest BCUT2D eigenvalue weighted by molar-refractivity contribution is -0.131. The fourth-order valence-electron chi connectivity index (χ4n) is 1.51. The summed E-state index contributed by atoms with van der Waals surface area (Å²) in [6.07, 6.45) is 1.46. The summed E-state index contributed by atoms with van der Waals surface area (Å²) < 4.78 is 14.8. The van der Waals surface area contributed by atoms with Gasteiger partial charge < -0.3 is 13.9 Å². The highest BCUT2D eigenvalue weighted by Gasteiger charge is 2.14. The van der Waals surface area contributed by atoms with E-state index in [4.69, 9.17) is 9.15 Å². The van der Waals surface area contributed by atoms with Gasteiger partial charge in [0.2, 0.25) is 0 Å². The van der Waals surface area contributed by atoms with E-state index in [1.807, 2.05) is 0 Å². The van der Waals surface area contributed by atoms with Gasteiger partial charge in [-0.3, -0.25) is 4.79 Å². The molecule has 0 unspecified atom stereocenters. The molecule has 0 bridgehead atoms. The van der Waals surface area contributed by atoms with Gasteiger partial charge in [-0.15, -0.1) is 0 Å². The van der Waals surface area contributed by atoms with Gasteiger partial charge in [0.1, 0.15) is 11.3 Å². The Kier molecular flexibility index (Phi) is 2.82. The average molecular weight is 234 g/mol. The first-order valence-electron chi connectivity index (χ1n) is 4.90. The highest BCUT2D eigenvalue weighted by molar-refractivity contribution is 5.97. The van der Waals surface area contributed by atoms with Crippen molar-refractivity contribution in [2.75, 3.05) is 7.11 Å². The second-order valence-corrected chi connectivity index (χ2v) is 3.39. The van der Waals surface area contributed by atoms with Gasteiger partial charge in [-0.05, 0) is 18.2 Å². The number of rotatable bonds is 2. The maximum absolute atomic E-state index is 11.4. The smallest absolute Gasteiger partial charge is 0.338 e. The van der Waals surface area contributed by atoms with Crippen LogP contribution in [0.25, 0.3) is 11.0 Å². The summed E-state index contributed by atoms with van der Waals surface area (Å²) >= 11 is 0. The van der Waals surface area contributed by atoms with E-state index in [2.05, 4.69) is 4.74 Å². The fourth-order valence-corrected chi connectivity index (χ4v) is 1.51. The van der Waals surface area contributed by atoms with Gasteiger partial charge in [0.15, 0.2) is 0 Å². The molecule has 1 aromatic heterocycles. The predicted molar refractivity (Wildman–Crippen MR) is 58.9 cm³/mol. The first-order chi connectivity index (χ1) is 8.11. The van der Waals surface area contributed by atoms with Crippen molar-refractivity contribution in [3.63, 3.8) is 0 Å². The Morgan fingerprint density at radius 2 is 2.06 bits per heavy atom. The van der Waals surface area contributed by atoms with Crippen molar-refractivity contribution in [3.8, 4) is 5.75 Å². The van der Waals surface area contributed by atoms with Crippen molar-refractivity contribution in [1.29, 1.82) is 0 Å². The minimum Gasteiger partial charge on any atom is -0.465 e. The Morgan fingerprint density at radius 1 is 1.29 bits per heavy atom. The lowest BCUT2D eigenvalue weighted by atomic mass is 10.1. The molecule has 0 N–H and O–H groups in total. The molecule has 5 heteroatoms. The van der Waals surface area contributed by atoms with Gasteiger partial charge >= 0.3 is 11.9 Å². The van der Waals surface area contributed by atoms with E-state index < -0.39 is 11.9 Å². The van der Waals surface area contributed by atoms with Crippen LogP contribution >= 0.6 is 0 Å². The number of carbonyl (C=O) groups excluding carboxylic acids is 2. The van der Waals surface area contributed by atoms with Crippen molar-refractivity contribution < 1.29 is 23.5 Å². The van der Waals surface area contributed by atoms with Crippen LogP contribution in [0.5, 0.6) is 5.75 Å². The second-order valence-electron chi connectivity index (χ2n) is 3.39. The van der Waals surface area contributed by atoms with Crippen LogP contribution in [-0.2, 0) is 9.53 Å². The summed E-state index contributed by atoms with van der Waals surface area (Å²) in [6, 6.07) is 4.65. The van der Waals surface area contributed by atoms with Crippen LogP contribution in [0.2, 0.25) is 0 Å². The monoisotopic (exact) mass is 234 g/mol. The van der Waals surface area contributed by atoms with E-state index in [0.29, 0.717) is 11.0 Å². The van der Waals surface area contributed by atoms with E-state index in [-0.39, 0.29) is 11.3 Å². The molecule has 0 saturated heterocycles. The van der Waals surface area contributed by atoms with Crippen molar-refractivity contribution in [3.05, 3.63) is 30.0 Å². The molecule has 0 aliphatic carbocycles. The fraction of sp³-hybridized carbons (Fsp3) is 0.167. The number of ether oxygens (including phenoxy) is 2. The Morgan fingerprint density at radius 3 is 2.71 bits per heavy atom. The van der Waals surface area contributed by atoms with Crippen molar-refractivity contribution >= 4 is 22.9 Å². The maximum Gasteiger partial charge on any atom is 0.338 e. The molecule has 0 saturated carbocycles. The first kappa shape index (κ1) is 11.2. The van der Waals surface area contributed by atoms with Gasteiger partial charge in [-0.2, -0.15) is 0 Å². The number of carbonyl (C=O) groups is 2. The first-order valence-corrected chi connectivity index (χ1v) is 4.90. The molecule has 1 aromatic carbocycles. The minimum atomic E-state index is -0.517.